The predicted octanol–water partition coefficient (Wildman–Crippen LogP) is 6.99. The van der Waals surface area contributed by atoms with E-state index >= 15 is 0 Å². The molecule has 1 heterocycles. The van der Waals surface area contributed by atoms with Crippen molar-refractivity contribution in [1.82, 2.24) is 4.98 Å². The molecule has 1 unspecified atom stereocenters. The van der Waals surface area contributed by atoms with Gasteiger partial charge in [0, 0.05) is 16.3 Å². The summed E-state index contributed by atoms with van der Waals surface area (Å²) in [7, 11) is 0. The fraction of sp³-hybridized carbons (Fsp3) is 0.231. The van der Waals surface area contributed by atoms with Gasteiger partial charge in [0.05, 0.1) is 0 Å². The van der Waals surface area contributed by atoms with Crippen LogP contribution in [0.4, 0.5) is 5.69 Å². The molecule has 1 atom stereocenters. The maximum Gasteiger partial charge on any atom is 0.262 e. The fourth-order valence-corrected chi connectivity index (χ4v) is 3.51. The van der Waals surface area contributed by atoms with Gasteiger partial charge in [-0.25, -0.2) is 4.98 Å². The van der Waals surface area contributed by atoms with E-state index in [9.17, 15) is 4.79 Å². The maximum absolute atomic E-state index is 12.4. The summed E-state index contributed by atoms with van der Waals surface area (Å²) in [6.07, 6.45) is 1.07. The molecule has 0 spiro atoms. The summed E-state index contributed by atoms with van der Waals surface area (Å²) in [6.45, 7) is 6.15. The van der Waals surface area contributed by atoms with Gasteiger partial charge in [0.25, 0.3) is 5.91 Å². The molecule has 0 fully saturated rings. The number of fused-ring (bicyclic) bond motifs is 1. The van der Waals surface area contributed by atoms with E-state index in [0.29, 0.717) is 28.3 Å². The summed E-state index contributed by atoms with van der Waals surface area (Å²) in [4.78, 5) is 17.0. The molecule has 32 heavy (non-hydrogen) atoms. The van der Waals surface area contributed by atoms with Crippen LogP contribution in [0.3, 0.4) is 0 Å². The van der Waals surface area contributed by atoms with E-state index < -0.39 is 0 Å². The van der Waals surface area contributed by atoms with E-state index in [1.807, 2.05) is 37.3 Å². The van der Waals surface area contributed by atoms with Crippen LogP contribution in [0.1, 0.15) is 37.3 Å². The van der Waals surface area contributed by atoms with Crippen LogP contribution in [-0.4, -0.2) is 17.5 Å². The average Bonchev–Trinajstić information content (AvgIpc) is 3.23. The topological polar surface area (TPSA) is 64.4 Å². The Bertz CT molecular complexity index is 1270. The third-order valence-corrected chi connectivity index (χ3v) is 5.91. The van der Waals surface area contributed by atoms with Crippen molar-refractivity contribution < 1.29 is 13.9 Å². The Morgan fingerprint density at radius 3 is 2.78 bits per heavy atom. The van der Waals surface area contributed by atoms with Gasteiger partial charge in [0.2, 0.25) is 5.89 Å². The number of ether oxygens (including phenoxy) is 1. The number of oxazole rings is 1. The van der Waals surface area contributed by atoms with E-state index in [2.05, 4.69) is 36.3 Å². The van der Waals surface area contributed by atoms with E-state index in [4.69, 9.17) is 20.8 Å². The third kappa shape index (κ3) is 4.94. The molecule has 1 N–H and O–H groups in total. The van der Waals surface area contributed by atoms with E-state index in [0.717, 1.165) is 28.6 Å². The molecular weight excluding hydrogens is 424 g/mol. The number of halogens is 1. The van der Waals surface area contributed by atoms with Crippen molar-refractivity contribution in [2.24, 2.45) is 0 Å². The van der Waals surface area contributed by atoms with Crippen molar-refractivity contribution in [1.29, 1.82) is 0 Å². The molecule has 4 rings (SSSR count). The number of aromatic nitrogens is 1. The van der Waals surface area contributed by atoms with Crippen LogP contribution in [0, 0.1) is 6.92 Å². The van der Waals surface area contributed by atoms with Crippen LogP contribution < -0.4 is 10.1 Å². The first-order valence-corrected chi connectivity index (χ1v) is 11.0. The van der Waals surface area contributed by atoms with Crippen LogP contribution in [0.5, 0.6) is 5.75 Å². The Hall–Kier alpha value is -3.31. The second kappa shape index (κ2) is 9.45. The number of hydrogen-bond acceptors (Lipinski definition) is 4. The van der Waals surface area contributed by atoms with E-state index in [1.54, 1.807) is 18.2 Å². The SMILES string of the molecule is CCC(C)c1ccc2oc(-c3cccc(NC(=O)COc4ccc(Cl)c(C)c4)c3)nc2c1. The van der Waals surface area contributed by atoms with E-state index in [1.165, 1.54) is 5.56 Å². The fourth-order valence-electron chi connectivity index (χ4n) is 3.39. The number of nitrogens with zero attached hydrogens (tertiary/aromatic N) is 1. The molecule has 164 valence electrons. The van der Waals surface area contributed by atoms with Crippen LogP contribution in [0.2, 0.25) is 5.02 Å². The Balaban J connectivity index is 1.46. The molecule has 0 radical (unpaired) electrons. The lowest BCUT2D eigenvalue weighted by molar-refractivity contribution is -0.118. The molecule has 4 aromatic rings. The third-order valence-electron chi connectivity index (χ3n) is 5.49. The van der Waals surface area contributed by atoms with Gasteiger partial charge >= 0.3 is 0 Å². The predicted molar refractivity (Wildman–Crippen MR) is 128 cm³/mol. The van der Waals surface area contributed by atoms with Gasteiger partial charge in [-0.1, -0.05) is 37.6 Å². The highest BCUT2D eigenvalue weighted by Gasteiger charge is 2.12. The molecule has 1 amide bonds. The molecule has 5 nitrogen and oxygen atoms in total. The van der Waals surface area contributed by atoms with Crippen LogP contribution >= 0.6 is 11.6 Å². The summed E-state index contributed by atoms with van der Waals surface area (Å²) < 4.78 is 11.5. The second-order valence-electron chi connectivity index (χ2n) is 7.88. The monoisotopic (exact) mass is 448 g/mol. The molecule has 0 saturated carbocycles. The Labute approximate surface area is 192 Å². The second-order valence-corrected chi connectivity index (χ2v) is 8.29. The average molecular weight is 449 g/mol. The summed E-state index contributed by atoms with van der Waals surface area (Å²) in [6, 6.07) is 18.8. The molecule has 0 aliphatic heterocycles. The molecule has 6 heteroatoms. The zero-order valence-corrected chi connectivity index (χ0v) is 19.1. The number of carbonyl (C=O) groups excluding carboxylic acids is 1. The lowest BCUT2D eigenvalue weighted by Gasteiger charge is -2.09. The normalized spacial score (nSPS) is 12.0. The van der Waals surface area contributed by atoms with Gasteiger partial charge in [-0.05, 0) is 78.9 Å². The molecule has 0 aliphatic carbocycles. The lowest BCUT2D eigenvalue weighted by Crippen LogP contribution is -2.20. The zero-order chi connectivity index (χ0) is 22.7. The van der Waals surface area contributed by atoms with Gasteiger partial charge in [0.1, 0.15) is 11.3 Å². The first-order valence-electron chi connectivity index (χ1n) is 10.6. The summed E-state index contributed by atoms with van der Waals surface area (Å²) in [5.74, 6) is 1.33. The quantitative estimate of drug-likeness (QED) is 0.331. The number of benzene rings is 3. The minimum atomic E-state index is -0.259. The van der Waals surface area contributed by atoms with Crippen LogP contribution in [0.25, 0.3) is 22.6 Å². The standard InChI is InChI=1S/C26H25ClN2O3/c1-4-16(2)18-8-11-24-23(14-18)29-26(32-24)19-6-5-7-20(13-19)28-25(30)15-31-21-9-10-22(27)17(3)12-21/h5-14,16H,4,15H2,1-3H3,(H,28,30). The first-order chi connectivity index (χ1) is 15.4. The first kappa shape index (κ1) is 21.9. The number of rotatable bonds is 7. The van der Waals surface area contributed by atoms with Crippen molar-refractivity contribution >= 4 is 34.3 Å². The minimum absolute atomic E-state index is 0.105. The number of hydrogen-bond donors (Lipinski definition) is 1. The summed E-state index contributed by atoms with van der Waals surface area (Å²) >= 11 is 6.02. The Morgan fingerprint density at radius 2 is 2.00 bits per heavy atom. The number of anilines is 1. The van der Waals surface area contributed by atoms with Crippen molar-refractivity contribution in [3.63, 3.8) is 0 Å². The number of carbonyl (C=O) groups is 1. The number of aryl methyl sites for hydroxylation is 1. The van der Waals surface area contributed by atoms with Gasteiger partial charge in [-0.2, -0.15) is 0 Å². The van der Waals surface area contributed by atoms with E-state index in [-0.39, 0.29) is 12.5 Å². The Kier molecular flexibility index (Phi) is 6.47. The van der Waals surface area contributed by atoms with Crippen LogP contribution in [-0.2, 0) is 4.79 Å². The van der Waals surface area contributed by atoms with Gasteiger partial charge in [-0.3, -0.25) is 4.79 Å². The van der Waals surface area contributed by atoms with Gasteiger partial charge in [0.15, 0.2) is 12.2 Å². The number of amides is 1. The van der Waals surface area contributed by atoms with Crippen LogP contribution in [0.15, 0.2) is 65.1 Å². The lowest BCUT2D eigenvalue weighted by atomic mass is 9.98. The summed E-state index contributed by atoms with van der Waals surface area (Å²) in [5, 5.41) is 3.52. The molecular formula is C26H25ClN2O3. The highest BCUT2D eigenvalue weighted by atomic mass is 35.5. The Morgan fingerprint density at radius 1 is 1.16 bits per heavy atom. The molecule has 0 saturated heterocycles. The smallest absolute Gasteiger partial charge is 0.262 e. The van der Waals surface area contributed by atoms with Crippen molar-refractivity contribution in [2.75, 3.05) is 11.9 Å². The zero-order valence-electron chi connectivity index (χ0n) is 18.3. The molecule has 0 bridgehead atoms. The molecule has 3 aromatic carbocycles. The highest BCUT2D eigenvalue weighted by Crippen LogP contribution is 2.29. The maximum atomic E-state index is 12.4. The van der Waals surface area contributed by atoms with Crippen molar-refractivity contribution in [3.05, 3.63) is 76.8 Å². The van der Waals surface area contributed by atoms with Crippen molar-refractivity contribution in [3.8, 4) is 17.2 Å². The summed E-state index contributed by atoms with van der Waals surface area (Å²) in [5.41, 5.74) is 5.15. The van der Waals surface area contributed by atoms with Gasteiger partial charge in [-0.15, -0.1) is 0 Å². The minimum Gasteiger partial charge on any atom is -0.484 e. The highest BCUT2D eigenvalue weighted by molar-refractivity contribution is 6.31. The largest absolute Gasteiger partial charge is 0.484 e. The molecule has 0 aliphatic rings. The molecule has 1 aromatic heterocycles. The van der Waals surface area contributed by atoms with Crippen molar-refractivity contribution in [2.45, 2.75) is 33.1 Å². The number of nitrogens with one attached hydrogen (secondary N) is 1. The van der Waals surface area contributed by atoms with Gasteiger partial charge < -0.3 is 14.5 Å².